The van der Waals surface area contributed by atoms with Gasteiger partial charge in [-0.05, 0) is 54.5 Å². The van der Waals surface area contributed by atoms with Gasteiger partial charge in [0.1, 0.15) is 6.54 Å². The van der Waals surface area contributed by atoms with E-state index in [9.17, 15) is 4.79 Å². The monoisotopic (exact) mass is 388 g/mol. The molecule has 0 heterocycles. The average Bonchev–Trinajstić information content (AvgIpc) is 2.76. The van der Waals surface area contributed by atoms with Gasteiger partial charge in [-0.15, -0.1) is 11.8 Å². The van der Waals surface area contributed by atoms with Crippen molar-refractivity contribution in [3.8, 4) is 29.0 Å². The van der Waals surface area contributed by atoms with E-state index < -0.39 is 0 Å². The van der Waals surface area contributed by atoms with Crippen LogP contribution in [0.2, 0.25) is 0 Å². The molecule has 0 aliphatic heterocycles. The van der Waals surface area contributed by atoms with E-state index in [1.807, 2.05) is 18.2 Å². The smallest absolute Gasteiger partial charge is 0.225 e. The zero-order valence-corrected chi connectivity index (χ0v) is 16.9. The van der Waals surface area contributed by atoms with Crippen LogP contribution in [0, 0.1) is 35.0 Å². The van der Waals surface area contributed by atoms with Gasteiger partial charge in [0.15, 0.2) is 0 Å². The maximum Gasteiger partial charge on any atom is 0.225 e. The highest BCUT2D eigenvalue weighted by molar-refractivity contribution is 7.98. The van der Waals surface area contributed by atoms with Gasteiger partial charge in [0.05, 0.1) is 12.0 Å². The molecule has 1 fully saturated rings. The molecule has 1 aliphatic rings. The third kappa shape index (κ3) is 5.18. The normalized spacial score (nSPS) is 18.4. The first-order valence-electron chi connectivity index (χ1n) is 9.62. The van der Waals surface area contributed by atoms with Gasteiger partial charge in [0.25, 0.3) is 0 Å². The SMILES string of the molecule is CSc1ccc(-c2ccc(C#CC3CCCCC3C(=O)NCC#N)cc2)cc1. The average molecular weight is 389 g/mol. The minimum absolute atomic E-state index is 0.0374. The van der Waals surface area contributed by atoms with Crippen LogP contribution < -0.4 is 5.32 Å². The number of nitriles is 1. The lowest BCUT2D eigenvalue weighted by Crippen LogP contribution is -2.36. The minimum atomic E-state index is -0.108. The van der Waals surface area contributed by atoms with Crippen molar-refractivity contribution >= 4 is 17.7 Å². The summed E-state index contributed by atoms with van der Waals surface area (Å²) >= 11 is 1.74. The number of rotatable bonds is 4. The van der Waals surface area contributed by atoms with Gasteiger partial charge in [-0.3, -0.25) is 4.79 Å². The number of hydrogen-bond acceptors (Lipinski definition) is 3. The molecule has 3 nitrogen and oxygen atoms in total. The van der Waals surface area contributed by atoms with Crippen LogP contribution in [0.3, 0.4) is 0 Å². The van der Waals surface area contributed by atoms with E-state index in [4.69, 9.17) is 5.26 Å². The minimum Gasteiger partial charge on any atom is -0.343 e. The lowest BCUT2D eigenvalue weighted by molar-refractivity contribution is -0.126. The summed E-state index contributed by atoms with van der Waals surface area (Å²) in [6.45, 7) is 0.0644. The fraction of sp³-hybridized carbons (Fsp3) is 0.333. The molecule has 142 valence electrons. The molecule has 0 spiro atoms. The van der Waals surface area contributed by atoms with Gasteiger partial charge in [0, 0.05) is 16.4 Å². The molecular formula is C24H24N2OS. The van der Waals surface area contributed by atoms with Crippen molar-refractivity contribution in [1.29, 1.82) is 5.26 Å². The van der Waals surface area contributed by atoms with E-state index in [0.717, 1.165) is 31.2 Å². The molecule has 1 saturated carbocycles. The molecule has 0 aromatic heterocycles. The molecule has 0 bridgehead atoms. The van der Waals surface area contributed by atoms with E-state index in [1.54, 1.807) is 11.8 Å². The van der Waals surface area contributed by atoms with Gasteiger partial charge < -0.3 is 5.32 Å². The molecule has 28 heavy (non-hydrogen) atoms. The summed E-state index contributed by atoms with van der Waals surface area (Å²) in [5.41, 5.74) is 3.33. The molecular weight excluding hydrogens is 364 g/mol. The lowest BCUT2D eigenvalue weighted by atomic mass is 9.79. The highest BCUT2D eigenvalue weighted by atomic mass is 32.2. The molecule has 2 atom stereocenters. The summed E-state index contributed by atoms with van der Waals surface area (Å²) in [6.07, 6.45) is 6.02. The van der Waals surface area contributed by atoms with E-state index in [1.165, 1.54) is 16.0 Å². The molecule has 0 saturated heterocycles. The molecule has 1 aliphatic carbocycles. The number of thioether (sulfide) groups is 1. The van der Waals surface area contributed by atoms with Gasteiger partial charge in [-0.25, -0.2) is 0 Å². The molecule has 3 rings (SSSR count). The van der Waals surface area contributed by atoms with Gasteiger partial charge >= 0.3 is 0 Å². The highest BCUT2D eigenvalue weighted by Crippen LogP contribution is 2.30. The fourth-order valence-corrected chi connectivity index (χ4v) is 3.99. The quantitative estimate of drug-likeness (QED) is 0.462. The molecule has 4 heteroatoms. The Bertz CT molecular complexity index is 901. The second-order valence-corrected chi connectivity index (χ2v) is 7.83. The van der Waals surface area contributed by atoms with Crippen molar-refractivity contribution in [1.82, 2.24) is 5.32 Å². The summed E-state index contributed by atoms with van der Waals surface area (Å²) in [7, 11) is 0. The van der Waals surface area contributed by atoms with Crippen LogP contribution in [0.4, 0.5) is 0 Å². The molecule has 2 aromatic carbocycles. The number of nitrogens with one attached hydrogen (secondary N) is 1. The Balaban J connectivity index is 1.70. The third-order valence-electron chi connectivity index (χ3n) is 5.15. The van der Waals surface area contributed by atoms with Crippen LogP contribution in [0.5, 0.6) is 0 Å². The predicted octanol–water partition coefficient (Wildman–Crippen LogP) is 4.87. The molecule has 1 N–H and O–H groups in total. The maximum absolute atomic E-state index is 12.3. The first-order chi connectivity index (χ1) is 13.7. The van der Waals surface area contributed by atoms with Gasteiger partial charge in [-0.2, -0.15) is 5.26 Å². The van der Waals surface area contributed by atoms with Crippen molar-refractivity contribution in [3.05, 3.63) is 54.1 Å². The van der Waals surface area contributed by atoms with Crippen LogP contribution in [-0.4, -0.2) is 18.7 Å². The number of benzene rings is 2. The van der Waals surface area contributed by atoms with Crippen LogP contribution in [0.15, 0.2) is 53.4 Å². The fourth-order valence-electron chi connectivity index (χ4n) is 3.58. The Morgan fingerprint density at radius 1 is 1.07 bits per heavy atom. The van der Waals surface area contributed by atoms with Gasteiger partial charge in [0.2, 0.25) is 5.91 Å². The summed E-state index contributed by atoms with van der Waals surface area (Å²) in [5.74, 6) is 6.49. The van der Waals surface area contributed by atoms with Crippen molar-refractivity contribution in [3.63, 3.8) is 0 Å². The second-order valence-electron chi connectivity index (χ2n) is 6.95. The topological polar surface area (TPSA) is 52.9 Å². The highest BCUT2D eigenvalue weighted by Gasteiger charge is 2.29. The van der Waals surface area contributed by atoms with Crippen molar-refractivity contribution in [2.75, 3.05) is 12.8 Å². The molecule has 1 amide bonds. The molecule has 0 radical (unpaired) electrons. The van der Waals surface area contributed by atoms with Crippen LogP contribution in [0.25, 0.3) is 11.1 Å². The molecule has 2 unspecified atom stereocenters. The summed E-state index contributed by atoms with van der Waals surface area (Å²) in [5, 5.41) is 11.4. The van der Waals surface area contributed by atoms with E-state index in [0.29, 0.717) is 0 Å². The van der Waals surface area contributed by atoms with Crippen molar-refractivity contribution < 1.29 is 4.79 Å². The van der Waals surface area contributed by atoms with E-state index in [2.05, 4.69) is 59.8 Å². The maximum atomic E-state index is 12.3. The van der Waals surface area contributed by atoms with Crippen LogP contribution in [-0.2, 0) is 4.79 Å². The van der Waals surface area contributed by atoms with Gasteiger partial charge in [-0.1, -0.05) is 48.9 Å². The lowest BCUT2D eigenvalue weighted by Gasteiger charge is -2.26. The Morgan fingerprint density at radius 3 is 2.36 bits per heavy atom. The Hall–Kier alpha value is -2.69. The standard InChI is InChI=1S/C24H24N2OS/c1-28-22-14-12-20(13-15-22)19-9-6-18(7-10-19)8-11-21-4-2-3-5-23(21)24(27)26-17-16-25/h6-7,9-10,12-15,21,23H,2-5,17H2,1H3,(H,26,27). The summed E-state index contributed by atoms with van der Waals surface area (Å²) in [4.78, 5) is 13.6. The van der Waals surface area contributed by atoms with Crippen molar-refractivity contribution in [2.45, 2.75) is 30.6 Å². The number of carbonyl (C=O) groups is 1. The number of hydrogen-bond donors (Lipinski definition) is 1. The van der Waals surface area contributed by atoms with E-state index in [-0.39, 0.29) is 24.3 Å². The zero-order chi connectivity index (χ0) is 19.8. The third-order valence-corrected chi connectivity index (χ3v) is 5.90. The number of nitrogens with zero attached hydrogens (tertiary/aromatic N) is 1. The second kappa shape index (κ2) is 10.0. The summed E-state index contributed by atoms with van der Waals surface area (Å²) in [6, 6.07) is 18.8. The Kier molecular flexibility index (Phi) is 7.18. The Morgan fingerprint density at radius 2 is 1.71 bits per heavy atom. The predicted molar refractivity (Wildman–Crippen MR) is 115 cm³/mol. The first kappa shape index (κ1) is 20.1. The molecule has 2 aromatic rings. The van der Waals surface area contributed by atoms with Crippen LogP contribution in [0.1, 0.15) is 31.2 Å². The number of amides is 1. The zero-order valence-electron chi connectivity index (χ0n) is 16.1. The Labute approximate surface area is 171 Å². The summed E-state index contributed by atoms with van der Waals surface area (Å²) < 4.78 is 0. The van der Waals surface area contributed by atoms with Crippen LogP contribution >= 0.6 is 11.8 Å². The number of carbonyl (C=O) groups excluding carboxylic acids is 1. The largest absolute Gasteiger partial charge is 0.343 e. The van der Waals surface area contributed by atoms with Crippen molar-refractivity contribution in [2.24, 2.45) is 11.8 Å². The first-order valence-corrected chi connectivity index (χ1v) is 10.8. The van der Waals surface area contributed by atoms with E-state index >= 15 is 0 Å².